The van der Waals surface area contributed by atoms with Crippen molar-refractivity contribution in [2.24, 2.45) is 5.92 Å². The Hall–Kier alpha value is -3.35. The van der Waals surface area contributed by atoms with Crippen LogP contribution in [0.3, 0.4) is 0 Å². The van der Waals surface area contributed by atoms with Crippen molar-refractivity contribution in [2.45, 2.75) is 32.7 Å². The molecule has 4 amide bonds. The minimum atomic E-state index is -0.436. The van der Waals surface area contributed by atoms with Gasteiger partial charge in [-0.05, 0) is 62.1 Å². The quantitative estimate of drug-likeness (QED) is 0.579. The van der Waals surface area contributed by atoms with Gasteiger partial charge in [-0.1, -0.05) is 24.3 Å². The van der Waals surface area contributed by atoms with Gasteiger partial charge in [-0.15, -0.1) is 0 Å². The van der Waals surface area contributed by atoms with E-state index in [-0.39, 0.29) is 30.3 Å². The topological polar surface area (TPSA) is 99.3 Å². The van der Waals surface area contributed by atoms with Crippen LogP contribution >= 0.6 is 0 Å². The first-order valence-corrected chi connectivity index (χ1v) is 9.72. The number of amides is 4. The maximum absolute atomic E-state index is 12.1. The number of hydrogen-bond donors (Lipinski definition) is 4. The van der Waals surface area contributed by atoms with Gasteiger partial charge in [0.05, 0.1) is 12.6 Å². The molecule has 1 aliphatic carbocycles. The number of carbonyl (C=O) groups is 3. The number of rotatable bonds is 7. The van der Waals surface area contributed by atoms with Gasteiger partial charge < -0.3 is 21.3 Å². The fourth-order valence-electron chi connectivity index (χ4n) is 2.88. The molecule has 7 heteroatoms. The van der Waals surface area contributed by atoms with Crippen LogP contribution in [0, 0.1) is 12.8 Å². The molecule has 2 aromatic carbocycles. The predicted octanol–water partition coefficient (Wildman–Crippen LogP) is 3.34. The van der Waals surface area contributed by atoms with E-state index in [1.165, 1.54) is 0 Å². The zero-order valence-electron chi connectivity index (χ0n) is 16.6. The van der Waals surface area contributed by atoms with E-state index in [2.05, 4.69) is 21.3 Å². The maximum Gasteiger partial charge on any atom is 0.319 e. The standard InChI is InChI=1S/C22H26N4O3/c1-14-4-3-5-19(12-14)26-22(29)23-13-20(27)24-15(2)16-8-10-18(11-9-16)25-21(28)17-6-7-17/h3-5,8-12,15,17H,6-7,13H2,1-2H3,(H,24,27)(H,25,28)(H2,23,26,29). The van der Waals surface area contributed by atoms with Crippen LogP contribution in [-0.2, 0) is 9.59 Å². The van der Waals surface area contributed by atoms with Crippen molar-refractivity contribution >= 4 is 29.2 Å². The third kappa shape index (κ3) is 6.34. The summed E-state index contributed by atoms with van der Waals surface area (Å²) in [7, 11) is 0. The van der Waals surface area contributed by atoms with E-state index >= 15 is 0 Å². The van der Waals surface area contributed by atoms with E-state index in [4.69, 9.17) is 0 Å². The summed E-state index contributed by atoms with van der Waals surface area (Å²) in [4.78, 5) is 35.8. The lowest BCUT2D eigenvalue weighted by Crippen LogP contribution is -2.39. The molecule has 3 rings (SSSR count). The van der Waals surface area contributed by atoms with Crippen molar-refractivity contribution in [3.63, 3.8) is 0 Å². The molecule has 0 spiro atoms. The van der Waals surface area contributed by atoms with Crippen LogP contribution in [0.5, 0.6) is 0 Å². The fourth-order valence-corrected chi connectivity index (χ4v) is 2.88. The Kier molecular flexibility index (Phi) is 6.49. The third-order valence-electron chi connectivity index (χ3n) is 4.69. The molecule has 0 radical (unpaired) electrons. The molecule has 1 aliphatic rings. The highest BCUT2D eigenvalue weighted by molar-refractivity contribution is 5.94. The summed E-state index contributed by atoms with van der Waals surface area (Å²) in [6.07, 6.45) is 1.92. The second kappa shape index (κ2) is 9.23. The first-order chi connectivity index (χ1) is 13.9. The summed E-state index contributed by atoms with van der Waals surface area (Å²) in [5.74, 6) is -0.0689. The van der Waals surface area contributed by atoms with Crippen molar-refractivity contribution < 1.29 is 14.4 Å². The summed E-state index contributed by atoms with van der Waals surface area (Å²) in [5.41, 5.74) is 3.36. The first kappa shape index (κ1) is 20.4. The van der Waals surface area contributed by atoms with Crippen molar-refractivity contribution in [1.82, 2.24) is 10.6 Å². The molecular formula is C22H26N4O3. The first-order valence-electron chi connectivity index (χ1n) is 9.72. The van der Waals surface area contributed by atoms with E-state index in [0.717, 1.165) is 29.7 Å². The SMILES string of the molecule is Cc1cccc(NC(=O)NCC(=O)NC(C)c2ccc(NC(=O)C3CC3)cc2)c1. The molecule has 1 unspecified atom stereocenters. The van der Waals surface area contributed by atoms with E-state index in [1.807, 2.05) is 56.3 Å². The molecule has 1 fully saturated rings. The van der Waals surface area contributed by atoms with E-state index in [1.54, 1.807) is 6.07 Å². The molecule has 0 aromatic heterocycles. The lowest BCUT2D eigenvalue weighted by molar-refractivity contribution is -0.120. The van der Waals surface area contributed by atoms with Crippen molar-refractivity contribution in [3.05, 3.63) is 59.7 Å². The van der Waals surface area contributed by atoms with Gasteiger partial charge in [0.1, 0.15) is 0 Å². The zero-order chi connectivity index (χ0) is 20.8. The normalized spacial score (nSPS) is 13.9. The van der Waals surface area contributed by atoms with E-state index in [9.17, 15) is 14.4 Å². The van der Waals surface area contributed by atoms with Gasteiger partial charge in [0.25, 0.3) is 0 Å². The Labute approximate surface area is 170 Å². The molecule has 7 nitrogen and oxygen atoms in total. The minimum Gasteiger partial charge on any atom is -0.348 e. The average Bonchev–Trinajstić information content (AvgIpc) is 3.52. The molecule has 0 heterocycles. The molecule has 0 saturated heterocycles. The molecule has 29 heavy (non-hydrogen) atoms. The second-order valence-corrected chi connectivity index (χ2v) is 7.35. The Bertz CT molecular complexity index is 891. The lowest BCUT2D eigenvalue weighted by atomic mass is 10.1. The van der Waals surface area contributed by atoms with Gasteiger partial charge in [0.15, 0.2) is 0 Å². The summed E-state index contributed by atoms with van der Waals surface area (Å²) in [6, 6.07) is 14.1. The van der Waals surface area contributed by atoms with E-state index < -0.39 is 6.03 Å². The highest BCUT2D eigenvalue weighted by Gasteiger charge is 2.29. The highest BCUT2D eigenvalue weighted by Crippen LogP contribution is 2.30. The highest BCUT2D eigenvalue weighted by atomic mass is 16.2. The summed E-state index contributed by atoms with van der Waals surface area (Å²) >= 11 is 0. The Morgan fingerprint density at radius 3 is 2.38 bits per heavy atom. The number of carbonyl (C=O) groups excluding carboxylic acids is 3. The minimum absolute atomic E-state index is 0.0640. The van der Waals surface area contributed by atoms with E-state index in [0.29, 0.717) is 5.69 Å². The second-order valence-electron chi connectivity index (χ2n) is 7.35. The molecule has 0 bridgehead atoms. The lowest BCUT2D eigenvalue weighted by Gasteiger charge is -2.15. The van der Waals surface area contributed by atoms with Crippen LogP contribution in [0.1, 0.15) is 36.9 Å². The Morgan fingerprint density at radius 2 is 1.72 bits per heavy atom. The summed E-state index contributed by atoms with van der Waals surface area (Å²) in [5, 5.41) is 11.0. The number of nitrogens with one attached hydrogen (secondary N) is 4. The molecule has 2 aromatic rings. The summed E-state index contributed by atoms with van der Waals surface area (Å²) < 4.78 is 0. The Morgan fingerprint density at radius 1 is 1.00 bits per heavy atom. The smallest absolute Gasteiger partial charge is 0.319 e. The monoisotopic (exact) mass is 394 g/mol. The van der Waals surface area contributed by atoms with Gasteiger partial charge in [-0.25, -0.2) is 4.79 Å². The van der Waals surface area contributed by atoms with Gasteiger partial charge in [0, 0.05) is 17.3 Å². The van der Waals surface area contributed by atoms with Gasteiger partial charge in [0.2, 0.25) is 11.8 Å². The number of aryl methyl sites for hydroxylation is 1. The Balaban J connectivity index is 1.42. The van der Waals surface area contributed by atoms with Gasteiger partial charge in [-0.2, -0.15) is 0 Å². The molecule has 0 aliphatic heterocycles. The molecule has 152 valence electrons. The van der Waals surface area contributed by atoms with Gasteiger partial charge in [-0.3, -0.25) is 9.59 Å². The molecule has 1 atom stereocenters. The molecular weight excluding hydrogens is 368 g/mol. The average molecular weight is 394 g/mol. The van der Waals surface area contributed by atoms with Crippen LogP contribution < -0.4 is 21.3 Å². The zero-order valence-corrected chi connectivity index (χ0v) is 16.6. The third-order valence-corrected chi connectivity index (χ3v) is 4.69. The number of benzene rings is 2. The fraction of sp³-hybridized carbons (Fsp3) is 0.318. The maximum atomic E-state index is 12.1. The van der Waals surface area contributed by atoms with Crippen LogP contribution in [0.25, 0.3) is 0 Å². The van der Waals surface area contributed by atoms with Crippen LogP contribution in [0.2, 0.25) is 0 Å². The molecule has 1 saturated carbocycles. The molecule has 4 N–H and O–H groups in total. The number of urea groups is 1. The predicted molar refractivity (Wildman–Crippen MR) is 113 cm³/mol. The largest absolute Gasteiger partial charge is 0.348 e. The van der Waals surface area contributed by atoms with Gasteiger partial charge >= 0.3 is 6.03 Å². The van der Waals surface area contributed by atoms with Crippen molar-refractivity contribution in [2.75, 3.05) is 17.2 Å². The summed E-state index contributed by atoms with van der Waals surface area (Å²) in [6.45, 7) is 3.67. The van der Waals surface area contributed by atoms with Crippen molar-refractivity contribution in [3.8, 4) is 0 Å². The van der Waals surface area contributed by atoms with Crippen LogP contribution in [0.15, 0.2) is 48.5 Å². The van der Waals surface area contributed by atoms with Crippen LogP contribution in [0.4, 0.5) is 16.2 Å². The van der Waals surface area contributed by atoms with Crippen molar-refractivity contribution in [1.29, 1.82) is 0 Å². The van der Waals surface area contributed by atoms with Crippen LogP contribution in [-0.4, -0.2) is 24.4 Å². The number of anilines is 2. The number of hydrogen-bond acceptors (Lipinski definition) is 3.